The molecule has 1 N–H and O–H groups in total. The quantitative estimate of drug-likeness (QED) is 0.644. The van der Waals surface area contributed by atoms with Crippen LogP contribution in [-0.4, -0.2) is 11.1 Å². The lowest BCUT2D eigenvalue weighted by Gasteiger charge is -2.07. The van der Waals surface area contributed by atoms with E-state index in [0.717, 1.165) is 24.8 Å². The highest BCUT2D eigenvalue weighted by Crippen LogP contribution is 2.17. The van der Waals surface area contributed by atoms with Crippen molar-refractivity contribution in [1.82, 2.24) is 0 Å². The van der Waals surface area contributed by atoms with Crippen LogP contribution in [0.25, 0.3) is 0 Å². The van der Waals surface area contributed by atoms with E-state index in [9.17, 15) is 4.79 Å². The Morgan fingerprint density at radius 3 is 2.00 bits per heavy atom. The van der Waals surface area contributed by atoms with Gasteiger partial charge in [0.1, 0.15) is 0 Å². The molecule has 0 bridgehead atoms. The third kappa shape index (κ3) is 3.07. The van der Waals surface area contributed by atoms with E-state index in [4.69, 9.17) is 5.11 Å². The first kappa shape index (κ1) is 11.2. The number of rotatable bonds is 5. The minimum atomic E-state index is -0.747. The van der Waals surface area contributed by atoms with Gasteiger partial charge < -0.3 is 5.11 Å². The number of carbonyl (C=O) groups is 1. The number of carboxylic acids is 1. The Bertz CT molecular complexity index is 180. The Labute approximate surface area is 74.3 Å². The second-order valence-electron chi connectivity index (χ2n) is 2.84. The maximum Gasteiger partial charge on any atom is 0.331 e. The van der Waals surface area contributed by atoms with Crippen LogP contribution in [0.3, 0.4) is 0 Å². The highest BCUT2D eigenvalue weighted by atomic mass is 16.4. The molecule has 0 rings (SSSR count). The third-order valence-electron chi connectivity index (χ3n) is 2.02. The molecule has 0 spiro atoms. The fourth-order valence-corrected chi connectivity index (χ4v) is 1.40. The van der Waals surface area contributed by atoms with Crippen LogP contribution in [-0.2, 0) is 4.79 Å². The lowest BCUT2D eigenvalue weighted by Crippen LogP contribution is -2.03. The Morgan fingerprint density at radius 1 is 1.17 bits per heavy atom. The molecule has 70 valence electrons. The molecule has 0 saturated carbocycles. The molecule has 12 heavy (non-hydrogen) atoms. The first-order chi connectivity index (χ1) is 5.67. The predicted molar refractivity (Wildman–Crippen MR) is 50.2 cm³/mol. The van der Waals surface area contributed by atoms with Gasteiger partial charge in [-0.1, -0.05) is 32.8 Å². The summed E-state index contributed by atoms with van der Waals surface area (Å²) in [7, 11) is 0. The molecule has 0 heterocycles. The molecular formula is C10H18O2. The molecule has 0 radical (unpaired) electrons. The molecule has 0 aromatic heterocycles. The predicted octanol–water partition coefficient (Wildman–Crippen LogP) is 2.99. The van der Waals surface area contributed by atoms with Crippen LogP contribution >= 0.6 is 0 Å². The molecule has 2 nitrogen and oxygen atoms in total. The molecule has 0 aromatic rings. The Morgan fingerprint density at radius 2 is 1.75 bits per heavy atom. The monoisotopic (exact) mass is 170 g/mol. The smallest absolute Gasteiger partial charge is 0.331 e. The topological polar surface area (TPSA) is 37.3 Å². The molecule has 2 heteroatoms. The van der Waals surface area contributed by atoms with Gasteiger partial charge in [0.2, 0.25) is 0 Å². The number of aliphatic carboxylic acids is 1. The van der Waals surface area contributed by atoms with Crippen molar-refractivity contribution in [3.05, 3.63) is 11.1 Å². The minimum Gasteiger partial charge on any atom is -0.478 e. The van der Waals surface area contributed by atoms with Gasteiger partial charge in [-0.15, -0.1) is 0 Å². The standard InChI is InChI=1S/C10H18O2/c1-4-7-8(5-2)9(6-3)10(11)12/h4-7H2,1-3H3,(H,11,12). The highest BCUT2D eigenvalue weighted by molar-refractivity contribution is 5.87. The van der Waals surface area contributed by atoms with Gasteiger partial charge in [-0.25, -0.2) is 4.79 Å². The average Bonchev–Trinajstić information content (AvgIpc) is 2.03. The van der Waals surface area contributed by atoms with Crippen molar-refractivity contribution >= 4 is 5.97 Å². The lowest BCUT2D eigenvalue weighted by molar-refractivity contribution is -0.132. The molecule has 0 amide bonds. The summed E-state index contributed by atoms with van der Waals surface area (Å²) < 4.78 is 0. The fourth-order valence-electron chi connectivity index (χ4n) is 1.40. The van der Waals surface area contributed by atoms with Gasteiger partial charge in [0.25, 0.3) is 0 Å². The van der Waals surface area contributed by atoms with Gasteiger partial charge in [0.05, 0.1) is 0 Å². The number of hydrogen-bond acceptors (Lipinski definition) is 1. The van der Waals surface area contributed by atoms with Gasteiger partial charge in [0.15, 0.2) is 0 Å². The van der Waals surface area contributed by atoms with Crippen LogP contribution < -0.4 is 0 Å². The van der Waals surface area contributed by atoms with E-state index in [1.807, 2.05) is 13.8 Å². The summed E-state index contributed by atoms with van der Waals surface area (Å²) in [5.74, 6) is -0.747. The summed E-state index contributed by atoms with van der Waals surface area (Å²) in [6.07, 6.45) is 3.45. The molecule has 0 saturated heterocycles. The van der Waals surface area contributed by atoms with Gasteiger partial charge in [-0.05, 0) is 19.3 Å². The Hall–Kier alpha value is -0.790. The van der Waals surface area contributed by atoms with Crippen LogP contribution in [0.4, 0.5) is 0 Å². The van der Waals surface area contributed by atoms with Crippen molar-refractivity contribution in [2.75, 3.05) is 0 Å². The van der Waals surface area contributed by atoms with E-state index in [2.05, 4.69) is 6.92 Å². The minimum absolute atomic E-state index is 0.611. The summed E-state index contributed by atoms with van der Waals surface area (Å²) in [6.45, 7) is 5.99. The second-order valence-corrected chi connectivity index (χ2v) is 2.84. The summed E-state index contributed by atoms with van der Waals surface area (Å²) in [5, 5.41) is 8.84. The Kier molecular flexibility index (Phi) is 5.43. The van der Waals surface area contributed by atoms with Crippen molar-refractivity contribution in [3.8, 4) is 0 Å². The molecule has 0 unspecified atom stereocenters. The van der Waals surface area contributed by atoms with Crippen LogP contribution in [0.15, 0.2) is 11.1 Å². The molecule has 0 aromatic carbocycles. The lowest BCUT2D eigenvalue weighted by atomic mass is 9.99. The molecular weight excluding hydrogens is 152 g/mol. The van der Waals surface area contributed by atoms with E-state index < -0.39 is 5.97 Å². The van der Waals surface area contributed by atoms with Gasteiger partial charge in [0, 0.05) is 5.57 Å². The second kappa shape index (κ2) is 5.81. The van der Waals surface area contributed by atoms with Crippen molar-refractivity contribution < 1.29 is 9.90 Å². The normalized spacial score (nSPS) is 12.6. The summed E-state index contributed by atoms with van der Waals surface area (Å²) in [5.41, 5.74) is 1.71. The molecule has 0 aliphatic heterocycles. The maximum absolute atomic E-state index is 10.7. The Balaban J connectivity index is 4.61. The van der Waals surface area contributed by atoms with Crippen LogP contribution in [0.1, 0.15) is 46.5 Å². The summed E-state index contributed by atoms with van der Waals surface area (Å²) in [4.78, 5) is 10.7. The fraction of sp³-hybridized carbons (Fsp3) is 0.700. The first-order valence-corrected chi connectivity index (χ1v) is 4.61. The zero-order chi connectivity index (χ0) is 9.56. The third-order valence-corrected chi connectivity index (χ3v) is 2.02. The zero-order valence-corrected chi connectivity index (χ0v) is 8.18. The largest absolute Gasteiger partial charge is 0.478 e. The van der Waals surface area contributed by atoms with E-state index >= 15 is 0 Å². The maximum atomic E-state index is 10.7. The van der Waals surface area contributed by atoms with Crippen molar-refractivity contribution in [1.29, 1.82) is 0 Å². The molecule has 0 aliphatic carbocycles. The number of allylic oxidation sites excluding steroid dienone is 1. The van der Waals surface area contributed by atoms with E-state index in [0.29, 0.717) is 12.0 Å². The van der Waals surface area contributed by atoms with E-state index in [-0.39, 0.29) is 0 Å². The van der Waals surface area contributed by atoms with Crippen molar-refractivity contribution in [2.45, 2.75) is 46.5 Å². The van der Waals surface area contributed by atoms with Crippen LogP contribution in [0.5, 0.6) is 0 Å². The van der Waals surface area contributed by atoms with Gasteiger partial charge in [-0.2, -0.15) is 0 Å². The first-order valence-electron chi connectivity index (χ1n) is 4.61. The van der Waals surface area contributed by atoms with Gasteiger partial charge in [-0.3, -0.25) is 0 Å². The van der Waals surface area contributed by atoms with E-state index in [1.54, 1.807) is 0 Å². The average molecular weight is 170 g/mol. The van der Waals surface area contributed by atoms with Crippen molar-refractivity contribution in [3.63, 3.8) is 0 Å². The van der Waals surface area contributed by atoms with Crippen LogP contribution in [0, 0.1) is 0 Å². The highest BCUT2D eigenvalue weighted by Gasteiger charge is 2.09. The number of hydrogen-bond donors (Lipinski definition) is 1. The van der Waals surface area contributed by atoms with E-state index in [1.165, 1.54) is 0 Å². The summed E-state index contributed by atoms with van der Waals surface area (Å²) in [6, 6.07) is 0. The molecule has 0 atom stereocenters. The zero-order valence-electron chi connectivity index (χ0n) is 8.18. The van der Waals surface area contributed by atoms with Gasteiger partial charge >= 0.3 is 5.97 Å². The number of carboxylic acid groups (broad SMARTS) is 1. The van der Waals surface area contributed by atoms with Crippen molar-refractivity contribution in [2.24, 2.45) is 0 Å². The SMILES string of the molecule is CCCC(CC)=C(CC)C(=O)O. The molecule has 0 aliphatic rings. The molecule has 0 fully saturated rings. The van der Waals surface area contributed by atoms with Crippen LogP contribution in [0.2, 0.25) is 0 Å². The summed E-state index contributed by atoms with van der Waals surface area (Å²) >= 11 is 0.